The number of aliphatic imine (C=N–C) groups is 1. The predicted octanol–water partition coefficient (Wildman–Crippen LogP) is -0.798. The fourth-order valence-electron chi connectivity index (χ4n) is 0.186. The Morgan fingerprint density at radius 1 is 1.89 bits per heavy atom. The number of hydrogen-bond acceptors (Lipinski definition) is 4. The Kier molecular flexibility index (Phi) is 3.75. The van der Waals surface area contributed by atoms with Crippen LogP contribution in [-0.4, -0.2) is 23.6 Å². The highest BCUT2D eigenvalue weighted by Gasteiger charge is 1.93. The molecule has 6 heteroatoms. The number of carboxylic acid groups (broad SMARTS) is 1. The van der Waals surface area contributed by atoms with Crippen LogP contribution in [0.2, 0.25) is 0 Å². The van der Waals surface area contributed by atoms with E-state index in [-0.39, 0.29) is 0 Å². The molecular formula is C3H4NO4P. The molecular weight excluding hydrogens is 145 g/mol. The van der Waals surface area contributed by atoms with Gasteiger partial charge in [-0.15, -0.1) is 0 Å². The van der Waals surface area contributed by atoms with Gasteiger partial charge < -0.3 is 10.00 Å². The van der Waals surface area contributed by atoms with E-state index in [9.17, 15) is 14.3 Å². The largest absolute Gasteiger partial charge is 0.590 e. The summed E-state index contributed by atoms with van der Waals surface area (Å²) >= 11 is 0. The number of carboxylic acids is 1. The van der Waals surface area contributed by atoms with Crippen LogP contribution in [0.4, 0.5) is 0 Å². The summed E-state index contributed by atoms with van der Waals surface area (Å²) in [5.41, 5.74) is 0. The summed E-state index contributed by atoms with van der Waals surface area (Å²) in [5, 5.41) is 7.92. The van der Waals surface area contributed by atoms with Gasteiger partial charge in [-0.05, 0) is 0 Å². The van der Waals surface area contributed by atoms with Crippen molar-refractivity contribution in [1.29, 1.82) is 0 Å². The van der Waals surface area contributed by atoms with E-state index < -0.39 is 20.5 Å². The van der Waals surface area contributed by atoms with E-state index in [1.165, 1.54) is 0 Å². The van der Waals surface area contributed by atoms with Crippen LogP contribution >= 0.6 is 8.03 Å². The Morgan fingerprint density at radius 2 is 2.44 bits per heavy atom. The van der Waals surface area contributed by atoms with Crippen molar-refractivity contribution in [3.8, 4) is 0 Å². The van der Waals surface area contributed by atoms with Crippen molar-refractivity contribution in [3.63, 3.8) is 0 Å². The summed E-state index contributed by atoms with van der Waals surface area (Å²) in [5.74, 6) is -0.563. The van der Waals surface area contributed by atoms with Gasteiger partial charge in [0.15, 0.2) is 0 Å². The Balaban J connectivity index is 3.48. The fourth-order valence-corrected chi connectivity index (χ4v) is 0.401. The molecule has 0 aliphatic heterocycles. The zero-order valence-corrected chi connectivity index (χ0v) is 5.25. The number of nitrogens with zero attached hydrogens (tertiary/aromatic N) is 1. The minimum atomic E-state index is -2.69. The summed E-state index contributed by atoms with van der Waals surface area (Å²) < 4.78 is 9.68. The fraction of sp³-hybridized carbons (Fsp3) is 0.333. The molecule has 0 aromatic carbocycles. The van der Waals surface area contributed by atoms with Crippen molar-refractivity contribution in [1.82, 2.24) is 0 Å². The average Bonchev–Trinajstić information content (AvgIpc) is 1.63. The Morgan fingerprint density at radius 3 is 2.78 bits per heavy atom. The lowest BCUT2D eigenvalue weighted by molar-refractivity contribution is -0.159. The van der Waals surface area contributed by atoms with Crippen molar-refractivity contribution < 1.29 is 19.4 Å². The average molecular weight is 149 g/mol. The highest BCUT2D eigenvalue weighted by Crippen LogP contribution is 1.97. The van der Waals surface area contributed by atoms with Crippen molar-refractivity contribution >= 4 is 20.0 Å². The topological polar surface area (TPSA) is 89.8 Å². The van der Waals surface area contributed by atoms with Gasteiger partial charge >= 0.3 is 14.0 Å². The van der Waals surface area contributed by atoms with Crippen LogP contribution in [0, 0.1) is 0 Å². The molecule has 0 amide bonds. The maximum Gasteiger partial charge on any atom is 0.360 e. The second kappa shape index (κ2) is 4.12. The molecule has 0 saturated heterocycles. The van der Waals surface area contributed by atoms with Gasteiger partial charge in [-0.3, -0.25) is 4.79 Å². The summed E-state index contributed by atoms with van der Waals surface area (Å²) in [6, 6.07) is 0. The normalized spacial score (nSPS) is 11.9. The van der Waals surface area contributed by atoms with Crippen molar-refractivity contribution in [2.75, 3.05) is 6.54 Å². The van der Waals surface area contributed by atoms with Crippen LogP contribution in [0.15, 0.2) is 4.99 Å². The molecule has 0 fully saturated rings. The van der Waals surface area contributed by atoms with Gasteiger partial charge in [-0.1, -0.05) is 4.57 Å². The highest BCUT2D eigenvalue weighted by molar-refractivity contribution is 7.54. The van der Waals surface area contributed by atoms with Gasteiger partial charge in [0.2, 0.25) is 5.96 Å². The maximum atomic E-state index is 9.68. The van der Waals surface area contributed by atoms with Crippen LogP contribution < -0.4 is 4.89 Å². The molecule has 50 valence electrons. The number of carbonyl (C=O) groups is 1. The van der Waals surface area contributed by atoms with Crippen LogP contribution in [0.5, 0.6) is 0 Å². The first-order valence-corrected chi connectivity index (χ1v) is 3.23. The Hall–Kier alpha value is -0.800. The van der Waals surface area contributed by atoms with Gasteiger partial charge in [-0.2, -0.15) is 0 Å². The summed E-state index contributed by atoms with van der Waals surface area (Å²) in [7, 11) is -2.69. The molecule has 0 rings (SSSR count). The van der Waals surface area contributed by atoms with E-state index in [1.54, 1.807) is 0 Å². The third-order valence-corrected chi connectivity index (χ3v) is 0.754. The van der Waals surface area contributed by atoms with Crippen molar-refractivity contribution in [2.24, 2.45) is 4.99 Å². The van der Waals surface area contributed by atoms with E-state index >= 15 is 0 Å². The molecule has 1 N–H and O–H groups in total. The number of hydrogen-bond donors (Lipinski definition) is 1. The quantitative estimate of drug-likeness (QED) is 0.420. The Labute approximate surface area is 51.9 Å². The number of rotatable bonds is 3. The van der Waals surface area contributed by atoms with Gasteiger partial charge in [0.1, 0.15) is 6.54 Å². The second-order valence-corrected chi connectivity index (χ2v) is 1.94. The lowest BCUT2D eigenvalue weighted by atomic mass is 10.7. The first kappa shape index (κ1) is 8.20. The molecule has 0 radical (unpaired) electrons. The zero-order chi connectivity index (χ0) is 7.28. The zero-order valence-electron chi connectivity index (χ0n) is 4.35. The minimum absolute atomic E-state index is 0.497. The molecule has 0 bridgehead atoms. The first-order valence-electron chi connectivity index (χ1n) is 1.98. The molecule has 0 aliphatic rings. The molecule has 1 atom stereocenters. The van der Waals surface area contributed by atoms with Crippen molar-refractivity contribution in [2.45, 2.75) is 0 Å². The predicted molar refractivity (Wildman–Crippen MR) is 28.6 cm³/mol. The monoisotopic (exact) mass is 149 g/mol. The smallest absolute Gasteiger partial charge is 0.360 e. The summed E-state index contributed by atoms with van der Waals surface area (Å²) in [6.07, 6.45) is 0. The number of aliphatic carboxylic acids is 1. The highest BCUT2D eigenvalue weighted by atomic mass is 31.1. The standard InChI is InChI=1S/C3H4NO4P/c5-3(6)1-4-2-9(7)8/h2H,1H2,(H,5,6). The van der Waals surface area contributed by atoms with Gasteiger partial charge in [0.05, 0.1) is 0 Å². The van der Waals surface area contributed by atoms with Gasteiger partial charge in [-0.25, -0.2) is 4.99 Å². The van der Waals surface area contributed by atoms with Crippen LogP contribution in [-0.2, 0) is 9.36 Å². The maximum absolute atomic E-state index is 9.68. The van der Waals surface area contributed by atoms with Crippen LogP contribution in [0.1, 0.15) is 0 Å². The molecule has 0 aliphatic carbocycles. The lowest BCUT2D eigenvalue weighted by Gasteiger charge is -1.78. The van der Waals surface area contributed by atoms with E-state index in [0.717, 1.165) is 0 Å². The molecule has 0 heterocycles. The lowest BCUT2D eigenvalue weighted by Crippen LogP contribution is -1.99. The van der Waals surface area contributed by atoms with E-state index in [1.807, 2.05) is 0 Å². The molecule has 9 heavy (non-hydrogen) atoms. The molecule has 0 aromatic heterocycles. The Bertz CT molecular complexity index is 154. The molecule has 5 nitrogen and oxygen atoms in total. The van der Waals surface area contributed by atoms with Gasteiger partial charge in [0.25, 0.3) is 0 Å². The minimum Gasteiger partial charge on any atom is -0.590 e. The third-order valence-electron chi connectivity index (χ3n) is 0.402. The summed E-state index contributed by atoms with van der Waals surface area (Å²) in [6.45, 7) is -0.497. The third kappa shape index (κ3) is 7.20. The van der Waals surface area contributed by atoms with Crippen LogP contribution in [0.25, 0.3) is 0 Å². The molecule has 0 saturated carbocycles. The molecule has 1 unspecified atom stereocenters. The first-order chi connectivity index (χ1) is 4.13. The van der Waals surface area contributed by atoms with E-state index in [0.29, 0.717) is 5.96 Å². The van der Waals surface area contributed by atoms with Gasteiger partial charge in [0, 0.05) is 0 Å². The van der Waals surface area contributed by atoms with E-state index in [2.05, 4.69) is 4.99 Å². The van der Waals surface area contributed by atoms with Crippen molar-refractivity contribution in [3.05, 3.63) is 0 Å². The molecule has 0 aromatic rings. The van der Waals surface area contributed by atoms with Crippen LogP contribution in [0.3, 0.4) is 0 Å². The SMILES string of the molecule is O=C(O)CN=C[P+](=O)[O-]. The van der Waals surface area contributed by atoms with E-state index in [4.69, 9.17) is 5.11 Å². The molecule has 0 spiro atoms. The summed E-state index contributed by atoms with van der Waals surface area (Å²) in [4.78, 5) is 22.4. The second-order valence-electron chi connectivity index (χ2n) is 1.14.